The predicted octanol–water partition coefficient (Wildman–Crippen LogP) is 1.22. The molecular formula is C15H17N5O2. The van der Waals surface area contributed by atoms with E-state index in [1.54, 1.807) is 6.92 Å². The molecule has 0 saturated carbocycles. The number of imidazole rings is 1. The number of aryl methyl sites for hydroxylation is 2. The number of hydrogen-bond donors (Lipinski definition) is 1. The highest BCUT2D eigenvalue weighted by Gasteiger charge is 2.12. The van der Waals surface area contributed by atoms with Crippen molar-refractivity contribution in [1.29, 1.82) is 0 Å². The third-order valence-corrected chi connectivity index (χ3v) is 3.47. The maximum Gasteiger partial charge on any atom is 0.332 e. The number of fused-ring (bicyclic) bond motifs is 1. The van der Waals surface area contributed by atoms with Gasteiger partial charge in [-0.2, -0.15) is 5.10 Å². The first-order valence-electron chi connectivity index (χ1n) is 7.32. The van der Waals surface area contributed by atoms with Gasteiger partial charge in [0.2, 0.25) is 0 Å². The zero-order valence-corrected chi connectivity index (χ0v) is 12.5. The van der Waals surface area contributed by atoms with E-state index in [0.29, 0.717) is 17.9 Å². The van der Waals surface area contributed by atoms with Crippen LogP contribution in [0.3, 0.4) is 0 Å². The van der Waals surface area contributed by atoms with Gasteiger partial charge in [0.15, 0.2) is 5.82 Å². The van der Waals surface area contributed by atoms with Gasteiger partial charge in [0, 0.05) is 18.9 Å². The van der Waals surface area contributed by atoms with Crippen LogP contribution in [0.2, 0.25) is 0 Å². The number of pyridine rings is 1. The second-order valence-electron chi connectivity index (χ2n) is 5.06. The fourth-order valence-electron chi connectivity index (χ4n) is 2.43. The summed E-state index contributed by atoms with van der Waals surface area (Å²) < 4.78 is 3.06. The normalized spacial score (nSPS) is 11.2. The minimum atomic E-state index is -0.672. The van der Waals surface area contributed by atoms with E-state index in [1.165, 1.54) is 0 Å². The van der Waals surface area contributed by atoms with Gasteiger partial charge in [0.1, 0.15) is 5.65 Å². The quantitative estimate of drug-likeness (QED) is 0.734. The molecule has 3 aromatic rings. The summed E-state index contributed by atoms with van der Waals surface area (Å²) in [5.41, 5.74) is 1.09. The molecule has 3 heterocycles. The van der Waals surface area contributed by atoms with E-state index >= 15 is 0 Å². The van der Waals surface area contributed by atoms with Crippen molar-refractivity contribution in [3.63, 3.8) is 0 Å². The molecule has 1 N–H and O–H groups in total. The van der Waals surface area contributed by atoms with E-state index in [2.05, 4.69) is 22.0 Å². The van der Waals surface area contributed by atoms with Gasteiger partial charge in [0.05, 0.1) is 11.3 Å². The third-order valence-electron chi connectivity index (χ3n) is 3.47. The molecule has 7 nitrogen and oxygen atoms in total. The smallest absolute Gasteiger partial charge is 0.306 e. The van der Waals surface area contributed by atoms with Crippen LogP contribution < -0.4 is 11.1 Å². The highest BCUT2D eigenvalue weighted by molar-refractivity contribution is 5.72. The number of nitrogens with zero attached hydrogens (tertiary/aromatic N) is 4. The summed E-state index contributed by atoms with van der Waals surface area (Å²) >= 11 is 0. The van der Waals surface area contributed by atoms with Crippen molar-refractivity contribution in [3.05, 3.63) is 50.9 Å². The first-order chi connectivity index (χ1) is 10.6. The van der Waals surface area contributed by atoms with Gasteiger partial charge < -0.3 is 9.38 Å². The standard InChI is InChI=1S/C15H17N5O2/c1-3-6-10-9-19-8-5-7-11(13(19)16-10)12-17-14(21)15(22)20(4-2)18-12/h5,7-9H,3-4,6H2,1-2H3,(H,17,18,21). The third kappa shape index (κ3) is 2.34. The van der Waals surface area contributed by atoms with Crippen LogP contribution in [0, 0.1) is 0 Å². The number of rotatable bonds is 4. The summed E-state index contributed by atoms with van der Waals surface area (Å²) in [5.74, 6) is 0.352. The fraction of sp³-hybridized carbons (Fsp3) is 0.333. The SMILES string of the molecule is CCCc1cn2cccc(-c3nn(CC)c(=O)c(=O)[nH]3)c2n1. The number of nitrogens with one attached hydrogen (secondary N) is 1. The van der Waals surface area contributed by atoms with Gasteiger partial charge in [-0.3, -0.25) is 9.59 Å². The predicted molar refractivity (Wildman–Crippen MR) is 83.0 cm³/mol. The van der Waals surface area contributed by atoms with Crippen molar-refractivity contribution in [2.45, 2.75) is 33.2 Å². The molecule has 3 aromatic heterocycles. The minimum Gasteiger partial charge on any atom is -0.306 e. The lowest BCUT2D eigenvalue weighted by molar-refractivity contribution is 0.600. The van der Waals surface area contributed by atoms with Gasteiger partial charge in [-0.05, 0) is 25.5 Å². The molecule has 0 saturated heterocycles. The summed E-state index contributed by atoms with van der Waals surface area (Å²) in [7, 11) is 0. The van der Waals surface area contributed by atoms with Crippen LogP contribution in [0.4, 0.5) is 0 Å². The molecule has 0 amide bonds. The van der Waals surface area contributed by atoms with Crippen LogP contribution in [0.15, 0.2) is 34.1 Å². The van der Waals surface area contributed by atoms with Crippen molar-refractivity contribution in [2.24, 2.45) is 0 Å². The molecule has 0 aromatic carbocycles. The first kappa shape index (κ1) is 14.2. The summed E-state index contributed by atoms with van der Waals surface area (Å²) in [6.45, 7) is 4.21. The van der Waals surface area contributed by atoms with Gasteiger partial charge >= 0.3 is 11.1 Å². The van der Waals surface area contributed by atoms with E-state index < -0.39 is 11.1 Å². The first-order valence-corrected chi connectivity index (χ1v) is 7.32. The van der Waals surface area contributed by atoms with E-state index in [4.69, 9.17) is 0 Å². The van der Waals surface area contributed by atoms with Crippen molar-refractivity contribution >= 4 is 5.65 Å². The molecule has 0 spiro atoms. The molecular weight excluding hydrogens is 282 g/mol. The Morgan fingerprint density at radius 3 is 2.82 bits per heavy atom. The Labute approximate surface area is 126 Å². The lowest BCUT2D eigenvalue weighted by Crippen LogP contribution is -2.38. The maximum atomic E-state index is 11.8. The molecule has 3 rings (SSSR count). The number of aromatic amines is 1. The summed E-state index contributed by atoms with van der Waals surface area (Å²) in [6, 6.07) is 3.70. The van der Waals surface area contributed by atoms with E-state index in [0.717, 1.165) is 28.9 Å². The van der Waals surface area contributed by atoms with Crippen molar-refractivity contribution in [1.82, 2.24) is 24.1 Å². The van der Waals surface area contributed by atoms with Gasteiger partial charge in [-0.15, -0.1) is 0 Å². The largest absolute Gasteiger partial charge is 0.332 e. The van der Waals surface area contributed by atoms with Crippen molar-refractivity contribution in [3.8, 4) is 11.4 Å². The van der Waals surface area contributed by atoms with Crippen LogP contribution in [0.25, 0.3) is 17.0 Å². The van der Waals surface area contributed by atoms with Crippen LogP contribution in [0.5, 0.6) is 0 Å². The number of H-pyrrole nitrogens is 1. The second-order valence-corrected chi connectivity index (χ2v) is 5.06. The van der Waals surface area contributed by atoms with Crippen molar-refractivity contribution in [2.75, 3.05) is 0 Å². The Kier molecular flexibility index (Phi) is 3.62. The molecule has 0 aliphatic rings. The Bertz CT molecular complexity index is 935. The summed E-state index contributed by atoms with van der Waals surface area (Å²) in [4.78, 5) is 30.6. The molecule has 22 heavy (non-hydrogen) atoms. The zero-order valence-electron chi connectivity index (χ0n) is 12.5. The van der Waals surface area contributed by atoms with Gasteiger partial charge in [-0.25, -0.2) is 9.67 Å². The fourth-order valence-corrected chi connectivity index (χ4v) is 2.43. The Morgan fingerprint density at radius 2 is 2.09 bits per heavy atom. The lowest BCUT2D eigenvalue weighted by Gasteiger charge is -2.05. The molecule has 0 atom stereocenters. The molecule has 0 fully saturated rings. The summed E-state index contributed by atoms with van der Waals surface area (Å²) in [6.07, 6.45) is 5.77. The van der Waals surface area contributed by atoms with Crippen LogP contribution in [-0.4, -0.2) is 24.1 Å². The minimum absolute atomic E-state index is 0.342. The monoisotopic (exact) mass is 299 g/mol. The van der Waals surface area contributed by atoms with E-state index in [-0.39, 0.29) is 0 Å². The number of hydrogen-bond acceptors (Lipinski definition) is 4. The topological polar surface area (TPSA) is 85.0 Å². The average Bonchev–Trinajstić information content (AvgIpc) is 2.92. The Morgan fingerprint density at radius 1 is 1.27 bits per heavy atom. The molecule has 0 aliphatic carbocycles. The highest BCUT2D eigenvalue weighted by Crippen LogP contribution is 2.20. The Hall–Kier alpha value is -2.70. The van der Waals surface area contributed by atoms with Gasteiger partial charge in [0.25, 0.3) is 0 Å². The average molecular weight is 299 g/mol. The lowest BCUT2D eigenvalue weighted by atomic mass is 10.2. The summed E-state index contributed by atoms with van der Waals surface area (Å²) in [5, 5.41) is 4.22. The Balaban J connectivity index is 2.24. The van der Waals surface area contributed by atoms with Gasteiger partial charge in [-0.1, -0.05) is 13.3 Å². The zero-order chi connectivity index (χ0) is 15.7. The van der Waals surface area contributed by atoms with Crippen LogP contribution in [0.1, 0.15) is 26.0 Å². The molecule has 7 heteroatoms. The van der Waals surface area contributed by atoms with Crippen LogP contribution >= 0.6 is 0 Å². The van der Waals surface area contributed by atoms with E-state index in [9.17, 15) is 9.59 Å². The highest BCUT2D eigenvalue weighted by atomic mass is 16.2. The molecule has 114 valence electrons. The molecule has 0 radical (unpaired) electrons. The molecule has 0 bridgehead atoms. The van der Waals surface area contributed by atoms with Crippen LogP contribution in [-0.2, 0) is 13.0 Å². The molecule has 0 unspecified atom stereocenters. The molecule has 0 aliphatic heterocycles. The number of aromatic nitrogens is 5. The second kappa shape index (κ2) is 5.59. The van der Waals surface area contributed by atoms with E-state index in [1.807, 2.05) is 28.9 Å². The maximum absolute atomic E-state index is 11.8. The van der Waals surface area contributed by atoms with Crippen molar-refractivity contribution < 1.29 is 0 Å².